The van der Waals surface area contributed by atoms with Gasteiger partial charge >= 0.3 is 0 Å². The van der Waals surface area contributed by atoms with Gasteiger partial charge in [0.15, 0.2) is 0 Å². The number of hydrazine groups is 1. The van der Waals surface area contributed by atoms with Crippen LogP contribution in [0.2, 0.25) is 0 Å². The van der Waals surface area contributed by atoms with E-state index < -0.39 is 17.7 Å². The third-order valence-electron chi connectivity index (χ3n) is 2.71. The lowest BCUT2D eigenvalue weighted by molar-refractivity contribution is -0.124. The molecule has 0 fully saturated rings. The van der Waals surface area contributed by atoms with Crippen LogP contribution in [0.4, 0.5) is 0 Å². The number of carbonyl (C=O) groups excluding carboxylic acids is 3. The average Bonchev–Trinajstić information content (AvgIpc) is 3.11. The van der Waals surface area contributed by atoms with E-state index in [1.165, 1.54) is 17.4 Å². The van der Waals surface area contributed by atoms with Crippen molar-refractivity contribution in [2.24, 2.45) is 0 Å². The molecule has 7 heteroatoms. The molecule has 0 spiro atoms. The monoisotopic (exact) mass is 329 g/mol. The molecule has 118 valence electrons. The van der Waals surface area contributed by atoms with Gasteiger partial charge < -0.3 is 5.32 Å². The van der Waals surface area contributed by atoms with Gasteiger partial charge in [0.05, 0.1) is 11.4 Å². The van der Waals surface area contributed by atoms with E-state index in [9.17, 15) is 14.4 Å². The molecular weight excluding hydrogens is 314 g/mol. The van der Waals surface area contributed by atoms with Crippen LogP contribution in [0.3, 0.4) is 0 Å². The number of amides is 3. The Bertz CT molecular complexity index is 697. The van der Waals surface area contributed by atoms with Crippen LogP contribution in [0.1, 0.15) is 15.2 Å². The molecule has 23 heavy (non-hydrogen) atoms. The smallest absolute Gasteiger partial charge is 0.279 e. The van der Waals surface area contributed by atoms with Crippen LogP contribution in [0.5, 0.6) is 0 Å². The molecule has 1 aromatic carbocycles. The largest absolute Gasteiger partial charge is 0.343 e. The molecule has 0 radical (unpaired) electrons. The van der Waals surface area contributed by atoms with Crippen LogP contribution in [-0.2, 0) is 9.59 Å². The van der Waals surface area contributed by atoms with Crippen LogP contribution < -0.4 is 16.2 Å². The van der Waals surface area contributed by atoms with Gasteiger partial charge in [0.25, 0.3) is 11.8 Å². The molecular formula is C16H15N3O3S. The Morgan fingerprint density at radius 2 is 1.78 bits per heavy atom. The zero-order valence-electron chi connectivity index (χ0n) is 12.1. The Morgan fingerprint density at radius 3 is 2.48 bits per heavy atom. The van der Waals surface area contributed by atoms with Crippen molar-refractivity contribution in [2.45, 2.75) is 0 Å². The number of thiophene rings is 1. The Kier molecular flexibility index (Phi) is 6.07. The standard InChI is InChI=1S/C16H15N3O3S/c20-14(9-8-12-5-2-1-3-6-12)17-11-15(21)18-19-16(22)13-7-4-10-23-13/h1-10H,11H2,(H,17,20)(H,18,21)(H,19,22)/b9-8+. The molecule has 0 aliphatic rings. The first-order valence-electron chi connectivity index (χ1n) is 6.79. The Morgan fingerprint density at radius 1 is 1.00 bits per heavy atom. The summed E-state index contributed by atoms with van der Waals surface area (Å²) in [5.74, 6) is -1.31. The molecule has 2 aromatic rings. The summed E-state index contributed by atoms with van der Waals surface area (Å²) in [6.07, 6.45) is 2.98. The van der Waals surface area contributed by atoms with E-state index in [0.717, 1.165) is 5.56 Å². The second kappa shape index (κ2) is 8.50. The van der Waals surface area contributed by atoms with Gasteiger partial charge in [-0.25, -0.2) is 0 Å². The highest BCUT2D eigenvalue weighted by atomic mass is 32.1. The molecule has 2 rings (SSSR count). The van der Waals surface area contributed by atoms with E-state index in [1.807, 2.05) is 30.3 Å². The third kappa shape index (κ3) is 5.76. The SMILES string of the molecule is O=C(/C=C/c1ccccc1)NCC(=O)NNC(=O)c1cccs1. The summed E-state index contributed by atoms with van der Waals surface area (Å²) in [6.45, 7) is -0.233. The number of carbonyl (C=O) groups is 3. The van der Waals surface area contributed by atoms with E-state index in [-0.39, 0.29) is 6.54 Å². The number of rotatable bonds is 5. The third-order valence-corrected chi connectivity index (χ3v) is 3.58. The first kappa shape index (κ1) is 16.4. The highest BCUT2D eigenvalue weighted by Crippen LogP contribution is 2.06. The van der Waals surface area contributed by atoms with E-state index in [4.69, 9.17) is 0 Å². The lowest BCUT2D eigenvalue weighted by atomic mass is 10.2. The van der Waals surface area contributed by atoms with E-state index in [2.05, 4.69) is 16.2 Å². The Balaban J connectivity index is 1.69. The van der Waals surface area contributed by atoms with Crippen molar-refractivity contribution in [2.75, 3.05) is 6.54 Å². The van der Waals surface area contributed by atoms with Gasteiger partial charge in [-0.05, 0) is 23.1 Å². The van der Waals surface area contributed by atoms with E-state index >= 15 is 0 Å². The van der Waals surface area contributed by atoms with Crippen LogP contribution in [0, 0.1) is 0 Å². The normalized spacial score (nSPS) is 10.3. The van der Waals surface area contributed by atoms with Crippen molar-refractivity contribution < 1.29 is 14.4 Å². The zero-order valence-corrected chi connectivity index (χ0v) is 12.9. The van der Waals surface area contributed by atoms with Crippen molar-refractivity contribution >= 4 is 35.1 Å². The fourth-order valence-corrected chi connectivity index (χ4v) is 2.22. The molecule has 3 amide bonds. The zero-order chi connectivity index (χ0) is 16.5. The summed E-state index contributed by atoms with van der Waals surface area (Å²) in [4.78, 5) is 35.2. The molecule has 3 N–H and O–H groups in total. The number of nitrogens with one attached hydrogen (secondary N) is 3. The highest BCUT2D eigenvalue weighted by Gasteiger charge is 2.08. The molecule has 0 aliphatic carbocycles. The predicted molar refractivity (Wildman–Crippen MR) is 88.4 cm³/mol. The second-order valence-corrected chi connectivity index (χ2v) is 5.39. The van der Waals surface area contributed by atoms with Crippen molar-refractivity contribution in [3.05, 3.63) is 64.4 Å². The van der Waals surface area contributed by atoms with Crippen LogP contribution in [0.25, 0.3) is 6.08 Å². The maximum Gasteiger partial charge on any atom is 0.279 e. The first-order valence-corrected chi connectivity index (χ1v) is 7.67. The molecule has 0 atom stereocenters. The molecule has 6 nitrogen and oxygen atoms in total. The molecule has 0 saturated carbocycles. The van der Waals surface area contributed by atoms with Gasteiger partial charge in [0.1, 0.15) is 0 Å². The van der Waals surface area contributed by atoms with Crippen molar-refractivity contribution in [1.29, 1.82) is 0 Å². The number of benzene rings is 1. The van der Waals surface area contributed by atoms with Gasteiger partial charge in [-0.2, -0.15) is 0 Å². The molecule has 1 heterocycles. The minimum atomic E-state index is -0.517. The van der Waals surface area contributed by atoms with Crippen LogP contribution in [-0.4, -0.2) is 24.3 Å². The summed E-state index contributed by atoms with van der Waals surface area (Å²) in [5.41, 5.74) is 5.38. The highest BCUT2D eigenvalue weighted by molar-refractivity contribution is 7.12. The summed E-state index contributed by atoms with van der Waals surface area (Å²) >= 11 is 1.26. The van der Waals surface area contributed by atoms with Crippen LogP contribution in [0.15, 0.2) is 53.9 Å². The fraction of sp³-hybridized carbons (Fsp3) is 0.0625. The van der Waals surface area contributed by atoms with E-state index in [1.54, 1.807) is 23.6 Å². The van der Waals surface area contributed by atoms with Gasteiger partial charge in [-0.3, -0.25) is 25.2 Å². The van der Waals surface area contributed by atoms with Crippen molar-refractivity contribution in [3.8, 4) is 0 Å². The summed E-state index contributed by atoms with van der Waals surface area (Å²) in [5, 5.41) is 4.18. The van der Waals surface area contributed by atoms with Crippen LogP contribution >= 0.6 is 11.3 Å². The summed E-state index contributed by atoms with van der Waals surface area (Å²) < 4.78 is 0. The Hall–Kier alpha value is -2.93. The second-order valence-electron chi connectivity index (χ2n) is 4.44. The lowest BCUT2D eigenvalue weighted by Gasteiger charge is -2.06. The minimum Gasteiger partial charge on any atom is -0.343 e. The number of hydrogen-bond acceptors (Lipinski definition) is 4. The lowest BCUT2D eigenvalue weighted by Crippen LogP contribution is -2.46. The summed E-state index contributed by atoms with van der Waals surface area (Å²) in [7, 11) is 0. The number of hydrogen-bond donors (Lipinski definition) is 3. The minimum absolute atomic E-state index is 0.233. The van der Waals surface area contributed by atoms with Gasteiger partial charge in [-0.15, -0.1) is 11.3 Å². The predicted octanol–water partition coefficient (Wildman–Crippen LogP) is 1.34. The molecule has 1 aromatic heterocycles. The van der Waals surface area contributed by atoms with Gasteiger partial charge in [0.2, 0.25) is 5.91 Å². The Labute approximate surface area is 137 Å². The fourth-order valence-electron chi connectivity index (χ4n) is 1.60. The maximum absolute atomic E-state index is 11.6. The van der Waals surface area contributed by atoms with Gasteiger partial charge in [-0.1, -0.05) is 36.4 Å². The topological polar surface area (TPSA) is 87.3 Å². The molecule has 0 bridgehead atoms. The average molecular weight is 329 g/mol. The quantitative estimate of drug-likeness (QED) is 0.571. The van der Waals surface area contributed by atoms with Crippen molar-refractivity contribution in [3.63, 3.8) is 0 Å². The molecule has 0 aliphatic heterocycles. The van der Waals surface area contributed by atoms with Crippen molar-refractivity contribution in [1.82, 2.24) is 16.2 Å². The first-order chi connectivity index (χ1) is 11.1. The maximum atomic E-state index is 11.6. The molecule has 0 unspecified atom stereocenters. The van der Waals surface area contributed by atoms with E-state index in [0.29, 0.717) is 4.88 Å². The summed E-state index contributed by atoms with van der Waals surface area (Å²) in [6, 6.07) is 12.7. The molecule has 0 saturated heterocycles. The van der Waals surface area contributed by atoms with Gasteiger partial charge in [0, 0.05) is 6.08 Å².